The number of hydrogen-bond donors (Lipinski definition) is 2. The van der Waals surface area contributed by atoms with Crippen LogP contribution in [0, 0.1) is 0 Å². The minimum Gasteiger partial charge on any atom is -0.356 e. The summed E-state index contributed by atoms with van der Waals surface area (Å²) < 4.78 is 0. The van der Waals surface area contributed by atoms with Gasteiger partial charge in [-0.25, -0.2) is 0 Å². The van der Waals surface area contributed by atoms with Crippen LogP contribution in [0.4, 0.5) is 0 Å². The maximum absolute atomic E-state index is 11.2. The van der Waals surface area contributed by atoms with Crippen molar-refractivity contribution in [2.45, 2.75) is 32.7 Å². The molecule has 0 rings (SSSR count). The summed E-state index contributed by atoms with van der Waals surface area (Å²) in [5, 5.41) is 2.77. The largest absolute Gasteiger partial charge is 0.356 e. The normalized spacial score (nSPS) is 11.9. The number of nitrogens with two attached hydrogens (primary N) is 1. The van der Waals surface area contributed by atoms with Crippen LogP contribution in [0.5, 0.6) is 0 Å². The molecule has 0 saturated carbocycles. The third-order valence-electron chi connectivity index (χ3n) is 2.58. The van der Waals surface area contributed by atoms with E-state index >= 15 is 0 Å². The standard InChI is InChI=1S/C10H23N3O/c1-5-12-9(14)6-7-13(4)10(2,3)8-11/h5-8,11H2,1-4H3,(H,12,14). The van der Waals surface area contributed by atoms with Gasteiger partial charge in [0.05, 0.1) is 0 Å². The molecule has 0 aliphatic heterocycles. The van der Waals surface area contributed by atoms with E-state index in [1.54, 1.807) is 0 Å². The molecule has 0 atom stereocenters. The Morgan fingerprint density at radius 1 is 1.50 bits per heavy atom. The molecule has 0 fully saturated rings. The van der Waals surface area contributed by atoms with Crippen LogP contribution in [0.2, 0.25) is 0 Å². The molecule has 0 radical (unpaired) electrons. The molecule has 0 heterocycles. The average molecular weight is 201 g/mol. The Bertz CT molecular complexity index is 180. The van der Waals surface area contributed by atoms with Crippen molar-refractivity contribution in [2.75, 3.05) is 26.7 Å². The van der Waals surface area contributed by atoms with Gasteiger partial charge in [-0.05, 0) is 27.8 Å². The van der Waals surface area contributed by atoms with E-state index in [0.717, 1.165) is 6.54 Å². The molecule has 14 heavy (non-hydrogen) atoms. The van der Waals surface area contributed by atoms with E-state index in [0.29, 0.717) is 19.5 Å². The summed E-state index contributed by atoms with van der Waals surface area (Å²) in [6.07, 6.45) is 0.535. The first-order valence-electron chi connectivity index (χ1n) is 5.12. The van der Waals surface area contributed by atoms with Gasteiger partial charge in [0.15, 0.2) is 0 Å². The number of amides is 1. The minimum absolute atomic E-state index is 0.0352. The van der Waals surface area contributed by atoms with Crippen molar-refractivity contribution in [3.05, 3.63) is 0 Å². The van der Waals surface area contributed by atoms with E-state index in [-0.39, 0.29) is 11.4 Å². The Kier molecular flexibility index (Phi) is 5.72. The van der Waals surface area contributed by atoms with Gasteiger partial charge in [0.1, 0.15) is 0 Å². The third kappa shape index (κ3) is 4.58. The molecule has 0 unspecified atom stereocenters. The van der Waals surface area contributed by atoms with Crippen LogP contribution in [0.1, 0.15) is 27.2 Å². The first-order valence-corrected chi connectivity index (χ1v) is 5.12. The van der Waals surface area contributed by atoms with Crippen LogP contribution in [0.15, 0.2) is 0 Å². The van der Waals surface area contributed by atoms with E-state index in [1.807, 2.05) is 14.0 Å². The lowest BCUT2D eigenvalue weighted by molar-refractivity contribution is -0.121. The highest BCUT2D eigenvalue weighted by atomic mass is 16.1. The van der Waals surface area contributed by atoms with Crippen molar-refractivity contribution < 1.29 is 4.79 Å². The smallest absolute Gasteiger partial charge is 0.221 e. The lowest BCUT2D eigenvalue weighted by Gasteiger charge is -2.34. The lowest BCUT2D eigenvalue weighted by atomic mass is 10.0. The number of carbonyl (C=O) groups excluding carboxylic acids is 1. The Morgan fingerprint density at radius 2 is 2.07 bits per heavy atom. The Balaban J connectivity index is 3.84. The number of nitrogens with one attached hydrogen (secondary N) is 1. The molecular formula is C10H23N3O. The molecular weight excluding hydrogens is 178 g/mol. The minimum atomic E-state index is -0.0352. The Morgan fingerprint density at radius 3 is 2.50 bits per heavy atom. The summed E-state index contributed by atoms with van der Waals surface area (Å²) in [4.78, 5) is 13.3. The fourth-order valence-electron chi connectivity index (χ4n) is 1.01. The number of rotatable bonds is 6. The zero-order valence-corrected chi connectivity index (χ0v) is 9.76. The van der Waals surface area contributed by atoms with Crippen LogP contribution in [0.3, 0.4) is 0 Å². The molecule has 0 saturated heterocycles. The number of carbonyl (C=O) groups is 1. The zero-order chi connectivity index (χ0) is 11.2. The average Bonchev–Trinajstić information content (AvgIpc) is 2.14. The van der Waals surface area contributed by atoms with Crippen molar-refractivity contribution in [1.29, 1.82) is 0 Å². The number of nitrogens with zero attached hydrogens (tertiary/aromatic N) is 1. The van der Waals surface area contributed by atoms with Crippen molar-refractivity contribution in [3.8, 4) is 0 Å². The van der Waals surface area contributed by atoms with Crippen LogP contribution in [0.25, 0.3) is 0 Å². The van der Waals surface area contributed by atoms with Crippen LogP contribution in [-0.2, 0) is 4.79 Å². The van der Waals surface area contributed by atoms with Crippen LogP contribution < -0.4 is 11.1 Å². The highest BCUT2D eigenvalue weighted by molar-refractivity contribution is 5.75. The van der Waals surface area contributed by atoms with E-state index in [1.165, 1.54) is 0 Å². The SMILES string of the molecule is CCNC(=O)CCN(C)C(C)(C)CN. The first kappa shape index (κ1) is 13.4. The second-order valence-corrected chi connectivity index (χ2v) is 4.14. The van der Waals surface area contributed by atoms with Gasteiger partial charge >= 0.3 is 0 Å². The highest BCUT2D eigenvalue weighted by Crippen LogP contribution is 2.09. The summed E-state index contributed by atoms with van der Waals surface area (Å²) in [6, 6.07) is 0. The van der Waals surface area contributed by atoms with E-state index in [2.05, 4.69) is 24.1 Å². The van der Waals surface area contributed by atoms with Gasteiger partial charge in [0.25, 0.3) is 0 Å². The zero-order valence-electron chi connectivity index (χ0n) is 9.76. The Labute approximate surface area is 86.8 Å². The predicted molar refractivity (Wildman–Crippen MR) is 59.1 cm³/mol. The van der Waals surface area contributed by atoms with Gasteiger partial charge in [-0.1, -0.05) is 0 Å². The van der Waals surface area contributed by atoms with Gasteiger partial charge in [-0.15, -0.1) is 0 Å². The van der Waals surface area contributed by atoms with Crippen molar-refractivity contribution in [2.24, 2.45) is 5.73 Å². The molecule has 0 aromatic heterocycles. The fourth-order valence-corrected chi connectivity index (χ4v) is 1.01. The van der Waals surface area contributed by atoms with Gasteiger partial charge in [0.2, 0.25) is 5.91 Å². The number of likely N-dealkylation sites (N-methyl/N-ethyl adjacent to an activating group) is 1. The highest BCUT2D eigenvalue weighted by Gasteiger charge is 2.21. The maximum atomic E-state index is 11.2. The van der Waals surface area contributed by atoms with Gasteiger partial charge in [-0.2, -0.15) is 0 Å². The van der Waals surface area contributed by atoms with Crippen molar-refractivity contribution in [1.82, 2.24) is 10.2 Å². The van der Waals surface area contributed by atoms with Gasteiger partial charge < -0.3 is 11.1 Å². The van der Waals surface area contributed by atoms with Crippen molar-refractivity contribution in [3.63, 3.8) is 0 Å². The summed E-state index contributed by atoms with van der Waals surface area (Å²) >= 11 is 0. The van der Waals surface area contributed by atoms with Crippen molar-refractivity contribution >= 4 is 5.91 Å². The van der Waals surface area contributed by atoms with Gasteiger partial charge in [0, 0.05) is 31.6 Å². The molecule has 0 aromatic carbocycles. The van der Waals surface area contributed by atoms with E-state index in [9.17, 15) is 4.79 Å². The summed E-state index contributed by atoms with van der Waals surface area (Å²) in [5.74, 6) is 0.104. The fraction of sp³-hybridized carbons (Fsp3) is 0.900. The molecule has 3 N–H and O–H groups in total. The second kappa shape index (κ2) is 5.98. The van der Waals surface area contributed by atoms with E-state index < -0.39 is 0 Å². The summed E-state index contributed by atoms with van der Waals surface area (Å²) in [7, 11) is 1.99. The van der Waals surface area contributed by atoms with Gasteiger partial charge in [-0.3, -0.25) is 9.69 Å². The molecule has 0 aliphatic carbocycles. The quantitative estimate of drug-likeness (QED) is 0.644. The molecule has 0 aliphatic rings. The monoisotopic (exact) mass is 201 g/mol. The molecule has 4 heteroatoms. The first-order chi connectivity index (χ1) is 6.44. The molecule has 0 aromatic rings. The third-order valence-corrected chi connectivity index (χ3v) is 2.58. The molecule has 0 bridgehead atoms. The molecule has 84 valence electrons. The molecule has 0 spiro atoms. The second-order valence-electron chi connectivity index (χ2n) is 4.14. The summed E-state index contributed by atoms with van der Waals surface area (Å²) in [6.45, 7) is 8.11. The molecule has 1 amide bonds. The molecule has 4 nitrogen and oxygen atoms in total. The maximum Gasteiger partial charge on any atom is 0.221 e. The topological polar surface area (TPSA) is 58.4 Å². The Hall–Kier alpha value is -0.610. The lowest BCUT2D eigenvalue weighted by Crippen LogP contribution is -2.48. The predicted octanol–water partition coefficient (Wildman–Crippen LogP) is 0.182. The van der Waals surface area contributed by atoms with E-state index in [4.69, 9.17) is 5.73 Å². The van der Waals surface area contributed by atoms with Crippen LogP contribution >= 0.6 is 0 Å². The number of hydrogen-bond acceptors (Lipinski definition) is 3. The summed E-state index contributed by atoms with van der Waals surface area (Å²) in [5.41, 5.74) is 5.59. The van der Waals surface area contributed by atoms with Crippen LogP contribution in [-0.4, -0.2) is 43.0 Å².